The van der Waals surface area contributed by atoms with E-state index in [1.54, 1.807) is 19.2 Å². The Morgan fingerprint density at radius 1 is 1.10 bits per heavy atom. The first-order valence-electron chi connectivity index (χ1n) is 10.5. The van der Waals surface area contributed by atoms with Crippen LogP contribution < -0.4 is 0 Å². The summed E-state index contributed by atoms with van der Waals surface area (Å²) in [6.45, 7) is 7.35. The molecule has 0 aromatic heterocycles. The van der Waals surface area contributed by atoms with E-state index in [4.69, 9.17) is 18.4 Å². The lowest BCUT2D eigenvalue weighted by atomic mass is 9.75. The Morgan fingerprint density at radius 2 is 1.80 bits per heavy atom. The van der Waals surface area contributed by atoms with Gasteiger partial charge in [-0.25, -0.2) is 4.79 Å². The van der Waals surface area contributed by atoms with Crippen LogP contribution in [0.1, 0.15) is 50.4 Å². The molecule has 1 aliphatic rings. The van der Waals surface area contributed by atoms with Gasteiger partial charge in [0.15, 0.2) is 0 Å². The van der Waals surface area contributed by atoms with Crippen LogP contribution in [0.25, 0.3) is 0 Å². The highest BCUT2D eigenvalue weighted by molar-refractivity contribution is 7.86. The van der Waals surface area contributed by atoms with Crippen molar-refractivity contribution >= 4 is 16.1 Å². The zero-order valence-corrected chi connectivity index (χ0v) is 19.2. The fraction of sp³-hybridized carbons (Fsp3) is 0.682. The Kier molecular flexibility index (Phi) is 9.74. The highest BCUT2D eigenvalue weighted by Gasteiger charge is 2.36. The topological polar surface area (TPSA) is 88.1 Å². The van der Waals surface area contributed by atoms with Crippen LogP contribution in [0.5, 0.6) is 0 Å². The number of esters is 1. The van der Waals surface area contributed by atoms with E-state index in [-0.39, 0.29) is 29.6 Å². The van der Waals surface area contributed by atoms with Gasteiger partial charge in [-0.15, -0.1) is 0 Å². The molecule has 0 aliphatic heterocycles. The molecule has 2 rings (SSSR count). The standard InChI is InChI=1S/C22H34O7S/c1-16(2)18-10-9-17(3)15-20(18)29-30(24,25)21-8-6-5-7-19(21)22(23)28-14-13-27-12-11-26-4/h5-8,16-18,20H,9-15H2,1-4H3/t17-,18-,20+/m1/s1. The van der Waals surface area contributed by atoms with Crippen LogP contribution in [-0.4, -0.2) is 54.0 Å². The third-order valence-electron chi connectivity index (χ3n) is 5.48. The number of rotatable bonds is 11. The monoisotopic (exact) mass is 442 g/mol. The third kappa shape index (κ3) is 7.04. The van der Waals surface area contributed by atoms with Crippen molar-refractivity contribution in [1.82, 2.24) is 0 Å². The minimum Gasteiger partial charge on any atom is -0.460 e. The van der Waals surface area contributed by atoms with E-state index >= 15 is 0 Å². The molecule has 1 aromatic rings. The summed E-state index contributed by atoms with van der Waals surface area (Å²) in [7, 11) is -2.55. The van der Waals surface area contributed by atoms with Crippen LogP contribution >= 0.6 is 0 Å². The molecule has 1 saturated carbocycles. The van der Waals surface area contributed by atoms with E-state index in [0.29, 0.717) is 31.5 Å². The molecule has 0 spiro atoms. The van der Waals surface area contributed by atoms with Gasteiger partial charge in [-0.1, -0.05) is 39.3 Å². The van der Waals surface area contributed by atoms with Crippen molar-refractivity contribution in [2.24, 2.45) is 17.8 Å². The van der Waals surface area contributed by atoms with Gasteiger partial charge in [0.1, 0.15) is 11.5 Å². The molecule has 0 saturated heterocycles. The van der Waals surface area contributed by atoms with Crippen LogP contribution in [0.3, 0.4) is 0 Å². The first-order chi connectivity index (χ1) is 14.3. The van der Waals surface area contributed by atoms with Gasteiger partial charge >= 0.3 is 5.97 Å². The van der Waals surface area contributed by atoms with E-state index in [2.05, 4.69) is 20.8 Å². The molecular formula is C22H34O7S. The van der Waals surface area contributed by atoms with Gasteiger partial charge < -0.3 is 14.2 Å². The second-order valence-corrected chi connectivity index (χ2v) is 9.69. The van der Waals surface area contributed by atoms with Gasteiger partial charge in [-0.3, -0.25) is 4.18 Å². The maximum atomic E-state index is 13.1. The SMILES string of the molecule is COCCOCCOC(=O)c1ccccc1S(=O)(=O)O[C@H]1C[C@H](C)CC[C@@H]1C(C)C. The quantitative estimate of drug-likeness (QED) is 0.293. The molecule has 0 amide bonds. The third-order valence-corrected chi connectivity index (χ3v) is 6.88. The molecule has 170 valence electrons. The second-order valence-electron chi connectivity index (χ2n) is 8.15. The van der Waals surface area contributed by atoms with Crippen LogP contribution in [0.4, 0.5) is 0 Å². The normalized spacial score (nSPS) is 22.2. The zero-order chi connectivity index (χ0) is 22.1. The molecule has 1 aliphatic carbocycles. The first-order valence-corrected chi connectivity index (χ1v) is 11.9. The minimum absolute atomic E-state index is 0.0212. The fourth-order valence-electron chi connectivity index (χ4n) is 3.81. The number of ether oxygens (including phenoxy) is 3. The molecule has 0 radical (unpaired) electrons. The summed E-state index contributed by atoms with van der Waals surface area (Å²) in [5.74, 6) is 0.166. The molecule has 1 fully saturated rings. The van der Waals surface area contributed by atoms with Crippen LogP contribution in [0, 0.1) is 17.8 Å². The summed E-state index contributed by atoms with van der Waals surface area (Å²) in [5.41, 5.74) is -0.0284. The van der Waals surface area contributed by atoms with Crippen LogP contribution in [0.15, 0.2) is 29.2 Å². The number of carbonyl (C=O) groups is 1. The Labute approximate surface area is 180 Å². The van der Waals surface area contributed by atoms with Crippen molar-refractivity contribution in [1.29, 1.82) is 0 Å². The number of hydrogen-bond acceptors (Lipinski definition) is 7. The average Bonchev–Trinajstić information content (AvgIpc) is 2.70. The van der Waals surface area contributed by atoms with Gasteiger partial charge in [-0.05, 0) is 42.7 Å². The Hall–Kier alpha value is -1.48. The number of benzene rings is 1. The first kappa shape index (κ1) is 24.8. The lowest BCUT2D eigenvalue weighted by Gasteiger charge is -2.36. The minimum atomic E-state index is -4.12. The van der Waals surface area contributed by atoms with Gasteiger partial charge in [0.25, 0.3) is 10.1 Å². The summed E-state index contributed by atoms with van der Waals surface area (Å²) in [4.78, 5) is 12.3. The van der Waals surface area contributed by atoms with Crippen LogP contribution in [-0.2, 0) is 28.5 Å². The summed E-state index contributed by atoms with van der Waals surface area (Å²) in [6, 6.07) is 6.00. The number of carbonyl (C=O) groups excluding carboxylic acids is 1. The molecule has 0 heterocycles. The van der Waals surface area contributed by atoms with Gasteiger partial charge in [0, 0.05) is 7.11 Å². The van der Waals surface area contributed by atoms with Crippen LogP contribution in [0.2, 0.25) is 0 Å². The summed E-state index contributed by atoms with van der Waals surface area (Å²) < 4.78 is 47.2. The predicted molar refractivity (Wildman–Crippen MR) is 113 cm³/mol. The predicted octanol–water partition coefficient (Wildman–Crippen LogP) is 3.67. The fourth-order valence-corrected chi connectivity index (χ4v) is 5.12. The molecule has 1 aromatic carbocycles. The molecule has 7 nitrogen and oxygen atoms in total. The van der Waals surface area contributed by atoms with E-state index in [0.717, 1.165) is 12.8 Å². The maximum Gasteiger partial charge on any atom is 0.339 e. The van der Waals surface area contributed by atoms with Gasteiger partial charge in [0.05, 0.1) is 31.5 Å². The Morgan fingerprint density at radius 3 is 2.50 bits per heavy atom. The van der Waals surface area contributed by atoms with Crippen molar-refractivity contribution < 1.29 is 31.6 Å². The summed E-state index contributed by atoms with van der Waals surface area (Å²) >= 11 is 0. The average molecular weight is 443 g/mol. The van der Waals surface area contributed by atoms with Crippen molar-refractivity contribution in [2.75, 3.05) is 33.5 Å². The molecule has 30 heavy (non-hydrogen) atoms. The number of methoxy groups -OCH3 is 1. The van der Waals surface area contributed by atoms with E-state index in [1.807, 2.05) is 0 Å². The largest absolute Gasteiger partial charge is 0.460 e. The van der Waals surface area contributed by atoms with Crippen molar-refractivity contribution in [3.8, 4) is 0 Å². The molecule has 0 N–H and O–H groups in total. The van der Waals surface area contributed by atoms with E-state index in [9.17, 15) is 13.2 Å². The van der Waals surface area contributed by atoms with Crippen molar-refractivity contribution in [2.45, 2.75) is 51.0 Å². The summed E-state index contributed by atoms with van der Waals surface area (Å²) in [5, 5.41) is 0. The Bertz CT molecular complexity index is 775. The molecule has 0 unspecified atom stereocenters. The smallest absolute Gasteiger partial charge is 0.339 e. The van der Waals surface area contributed by atoms with Crippen molar-refractivity contribution in [3.05, 3.63) is 29.8 Å². The zero-order valence-electron chi connectivity index (χ0n) is 18.3. The van der Waals surface area contributed by atoms with E-state index < -0.39 is 22.2 Å². The maximum absolute atomic E-state index is 13.1. The molecule has 8 heteroatoms. The highest BCUT2D eigenvalue weighted by atomic mass is 32.2. The highest BCUT2D eigenvalue weighted by Crippen LogP contribution is 2.37. The summed E-state index contributed by atoms with van der Waals surface area (Å²) in [6.07, 6.45) is 2.30. The van der Waals surface area contributed by atoms with Gasteiger partial charge in [0.2, 0.25) is 0 Å². The van der Waals surface area contributed by atoms with Crippen molar-refractivity contribution in [3.63, 3.8) is 0 Å². The Balaban J connectivity index is 2.09. The molecule has 0 bridgehead atoms. The number of hydrogen-bond donors (Lipinski definition) is 0. The van der Waals surface area contributed by atoms with Gasteiger partial charge in [-0.2, -0.15) is 8.42 Å². The lowest BCUT2D eigenvalue weighted by molar-refractivity contribution is 0.0209. The molecule has 3 atom stereocenters. The van der Waals surface area contributed by atoms with E-state index in [1.165, 1.54) is 12.1 Å². The molecular weight excluding hydrogens is 408 g/mol. The lowest BCUT2D eigenvalue weighted by Crippen LogP contribution is -2.36. The second kappa shape index (κ2) is 11.8.